The van der Waals surface area contributed by atoms with Crippen molar-refractivity contribution in [2.75, 3.05) is 5.75 Å². The highest BCUT2D eigenvalue weighted by Gasteiger charge is 2.22. The molecule has 0 spiro atoms. The number of fused-ring (bicyclic) bond motifs is 1. The maximum absolute atomic E-state index is 12.3. The number of nitrogens with one attached hydrogen (secondary N) is 2. The van der Waals surface area contributed by atoms with E-state index in [4.69, 9.17) is 0 Å². The van der Waals surface area contributed by atoms with Crippen LogP contribution in [0.25, 0.3) is 0 Å². The van der Waals surface area contributed by atoms with Crippen LogP contribution in [0.5, 0.6) is 0 Å². The van der Waals surface area contributed by atoms with Crippen LogP contribution in [0, 0.1) is 12.8 Å². The molecule has 0 saturated heterocycles. The van der Waals surface area contributed by atoms with Crippen molar-refractivity contribution in [3.8, 4) is 0 Å². The van der Waals surface area contributed by atoms with Gasteiger partial charge >= 0.3 is 0 Å². The molecular formula is C21H26N2O4S2. The Labute approximate surface area is 175 Å². The summed E-state index contributed by atoms with van der Waals surface area (Å²) >= 11 is 1.46. The zero-order chi connectivity index (χ0) is 21.0. The highest BCUT2D eigenvalue weighted by molar-refractivity contribution is 7.91. The molecular weight excluding hydrogens is 408 g/mol. The summed E-state index contributed by atoms with van der Waals surface area (Å²) in [6.07, 6.45) is 4.05. The molecule has 2 amide bonds. The second-order valence-corrected chi connectivity index (χ2v) is 10.7. The summed E-state index contributed by atoms with van der Waals surface area (Å²) < 4.78 is 24.6. The van der Waals surface area contributed by atoms with Gasteiger partial charge in [-0.15, -0.1) is 11.3 Å². The van der Waals surface area contributed by atoms with E-state index in [1.54, 1.807) is 12.1 Å². The Morgan fingerprint density at radius 3 is 2.59 bits per heavy atom. The lowest BCUT2D eigenvalue weighted by Gasteiger charge is -2.19. The average molecular weight is 435 g/mol. The Morgan fingerprint density at radius 1 is 1.17 bits per heavy atom. The Balaban J connectivity index is 1.50. The lowest BCUT2D eigenvalue weighted by Crippen LogP contribution is -2.41. The van der Waals surface area contributed by atoms with Gasteiger partial charge < -0.3 is 0 Å². The fraction of sp³-hybridized carbons (Fsp3) is 0.429. The van der Waals surface area contributed by atoms with Crippen LogP contribution in [-0.2, 0) is 27.5 Å². The minimum absolute atomic E-state index is 0.189. The largest absolute Gasteiger partial charge is 0.279 e. The van der Waals surface area contributed by atoms with Gasteiger partial charge in [0.15, 0.2) is 9.84 Å². The molecule has 1 atom stereocenters. The van der Waals surface area contributed by atoms with Gasteiger partial charge in [-0.2, -0.15) is 0 Å². The van der Waals surface area contributed by atoms with Crippen molar-refractivity contribution in [1.82, 2.24) is 10.9 Å². The molecule has 1 aliphatic rings. The quantitative estimate of drug-likeness (QED) is 0.683. The number of hydrogen-bond acceptors (Lipinski definition) is 5. The van der Waals surface area contributed by atoms with Gasteiger partial charge in [0, 0.05) is 11.3 Å². The van der Waals surface area contributed by atoms with Crippen LogP contribution in [0.2, 0.25) is 0 Å². The molecule has 0 bridgehead atoms. The van der Waals surface area contributed by atoms with E-state index in [0.29, 0.717) is 10.8 Å². The number of thiophene rings is 1. The number of hydrazine groups is 1. The van der Waals surface area contributed by atoms with Gasteiger partial charge in [-0.05, 0) is 55.9 Å². The molecule has 0 aliphatic heterocycles. The van der Waals surface area contributed by atoms with Gasteiger partial charge in [-0.3, -0.25) is 20.4 Å². The van der Waals surface area contributed by atoms with Crippen LogP contribution in [0.1, 0.15) is 51.9 Å². The lowest BCUT2D eigenvalue weighted by atomic mass is 9.87. The van der Waals surface area contributed by atoms with E-state index in [1.165, 1.54) is 33.9 Å². The smallest absolute Gasteiger partial charge is 0.273 e. The van der Waals surface area contributed by atoms with Crippen molar-refractivity contribution >= 4 is 33.0 Å². The summed E-state index contributed by atoms with van der Waals surface area (Å²) in [7, 11) is -3.54. The molecule has 0 radical (unpaired) electrons. The van der Waals surface area contributed by atoms with Crippen molar-refractivity contribution in [2.24, 2.45) is 5.92 Å². The topological polar surface area (TPSA) is 92.3 Å². The first-order chi connectivity index (χ1) is 13.8. The van der Waals surface area contributed by atoms with Gasteiger partial charge in [0.25, 0.3) is 5.91 Å². The molecule has 0 unspecified atom stereocenters. The number of hydrogen-bond donors (Lipinski definition) is 2. The van der Waals surface area contributed by atoms with Crippen molar-refractivity contribution in [1.29, 1.82) is 0 Å². The third-order valence-electron chi connectivity index (χ3n) is 5.28. The third kappa shape index (κ3) is 5.45. The zero-order valence-electron chi connectivity index (χ0n) is 16.7. The van der Waals surface area contributed by atoms with Gasteiger partial charge in [-0.25, -0.2) is 8.42 Å². The molecule has 1 aromatic carbocycles. The van der Waals surface area contributed by atoms with Crippen LogP contribution in [0.4, 0.5) is 0 Å². The SMILES string of the molecule is CC[C@H]1CCc2sc(C(=O)NNC(=O)CCS(=O)(=O)c3ccc(C)cc3)cc2C1. The van der Waals surface area contributed by atoms with Crippen molar-refractivity contribution < 1.29 is 18.0 Å². The highest BCUT2D eigenvalue weighted by atomic mass is 32.2. The van der Waals surface area contributed by atoms with E-state index in [0.717, 1.165) is 31.2 Å². The molecule has 29 heavy (non-hydrogen) atoms. The standard InChI is InChI=1S/C21H26N2O4S2/c1-3-15-6-9-18-16(12-15)13-19(28-18)21(25)23-22-20(24)10-11-29(26,27)17-7-4-14(2)5-8-17/h4-5,7-8,13,15H,3,6,9-12H2,1-2H3,(H,22,24)(H,23,25)/t15-/m0/s1. The number of aryl methyl sites for hydroxylation is 2. The minimum atomic E-state index is -3.54. The zero-order valence-corrected chi connectivity index (χ0v) is 18.3. The summed E-state index contributed by atoms with van der Waals surface area (Å²) in [5.74, 6) is -0.555. The molecule has 1 aromatic heterocycles. The Bertz CT molecular complexity index is 994. The Hall–Kier alpha value is -2.19. The Kier molecular flexibility index (Phi) is 6.74. The molecule has 3 rings (SSSR count). The average Bonchev–Trinajstić information content (AvgIpc) is 3.14. The summed E-state index contributed by atoms with van der Waals surface area (Å²) in [5, 5.41) is 0. The van der Waals surface area contributed by atoms with E-state index in [2.05, 4.69) is 17.8 Å². The van der Waals surface area contributed by atoms with Crippen LogP contribution in [0.15, 0.2) is 35.2 Å². The molecule has 0 fully saturated rings. The van der Waals surface area contributed by atoms with Gasteiger partial charge in [-0.1, -0.05) is 31.0 Å². The molecule has 1 heterocycles. The van der Waals surface area contributed by atoms with Crippen LogP contribution in [0.3, 0.4) is 0 Å². The Morgan fingerprint density at radius 2 is 1.90 bits per heavy atom. The first kappa shape index (κ1) is 21.5. The monoisotopic (exact) mass is 434 g/mol. The van der Waals surface area contributed by atoms with Crippen molar-refractivity contribution in [3.63, 3.8) is 0 Å². The fourth-order valence-electron chi connectivity index (χ4n) is 3.40. The lowest BCUT2D eigenvalue weighted by molar-refractivity contribution is -0.121. The van der Waals surface area contributed by atoms with Crippen molar-refractivity contribution in [3.05, 3.63) is 51.2 Å². The maximum Gasteiger partial charge on any atom is 0.279 e. The number of rotatable bonds is 6. The molecule has 2 aromatic rings. The molecule has 8 heteroatoms. The highest BCUT2D eigenvalue weighted by Crippen LogP contribution is 2.33. The van der Waals surface area contributed by atoms with Crippen molar-refractivity contribution in [2.45, 2.75) is 50.8 Å². The number of benzene rings is 1. The molecule has 0 saturated carbocycles. The second-order valence-electron chi connectivity index (χ2n) is 7.46. The van der Waals surface area contributed by atoms with E-state index < -0.39 is 15.7 Å². The molecule has 1 aliphatic carbocycles. The first-order valence-electron chi connectivity index (χ1n) is 9.78. The predicted octanol–water partition coefficient (Wildman–Crippen LogP) is 3.20. The van der Waals surface area contributed by atoms with Gasteiger partial charge in [0.2, 0.25) is 5.91 Å². The fourth-order valence-corrected chi connectivity index (χ4v) is 5.74. The predicted molar refractivity (Wildman–Crippen MR) is 114 cm³/mol. The first-order valence-corrected chi connectivity index (χ1v) is 12.3. The summed E-state index contributed by atoms with van der Waals surface area (Å²) in [6, 6.07) is 8.41. The minimum Gasteiger partial charge on any atom is -0.273 e. The molecule has 156 valence electrons. The summed E-state index contributed by atoms with van der Waals surface area (Å²) in [6.45, 7) is 4.06. The van der Waals surface area contributed by atoms with Gasteiger partial charge in [0.05, 0.1) is 15.5 Å². The molecule has 6 nitrogen and oxygen atoms in total. The van der Waals surface area contributed by atoms with E-state index in [9.17, 15) is 18.0 Å². The van der Waals surface area contributed by atoms with E-state index in [-0.39, 0.29) is 23.0 Å². The number of amides is 2. The summed E-state index contributed by atoms with van der Waals surface area (Å²) in [4.78, 5) is 26.3. The number of sulfone groups is 1. The normalized spacial score (nSPS) is 16.1. The van der Waals surface area contributed by atoms with E-state index in [1.807, 2.05) is 13.0 Å². The van der Waals surface area contributed by atoms with Crippen LogP contribution >= 0.6 is 11.3 Å². The number of carbonyl (C=O) groups is 2. The van der Waals surface area contributed by atoms with Gasteiger partial charge in [0.1, 0.15) is 0 Å². The van der Waals surface area contributed by atoms with Crippen LogP contribution in [-0.4, -0.2) is 26.0 Å². The third-order valence-corrected chi connectivity index (χ3v) is 8.25. The van der Waals surface area contributed by atoms with Crippen LogP contribution < -0.4 is 10.9 Å². The maximum atomic E-state index is 12.3. The number of carbonyl (C=O) groups excluding carboxylic acids is 2. The second kappa shape index (κ2) is 9.09. The molecule has 2 N–H and O–H groups in total. The van der Waals surface area contributed by atoms with E-state index >= 15 is 0 Å². The summed E-state index contributed by atoms with van der Waals surface area (Å²) in [5.41, 5.74) is 6.91.